The molecule has 1 heterocycles. The molecule has 0 unspecified atom stereocenters. The van der Waals surface area contributed by atoms with Gasteiger partial charge in [-0.05, 0) is 53.5 Å². The molecule has 0 aromatic carbocycles. The third-order valence-corrected chi connectivity index (χ3v) is 3.31. The first-order valence-electron chi connectivity index (χ1n) is 5.82. The van der Waals surface area contributed by atoms with E-state index in [0.29, 0.717) is 18.1 Å². The van der Waals surface area contributed by atoms with E-state index in [1.54, 1.807) is 6.92 Å². The Balaban J connectivity index is 0.000000396. The van der Waals surface area contributed by atoms with Crippen LogP contribution in [0.1, 0.15) is 31.5 Å². The third-order valence-electron chi connectivity index (χ3n) is 2.18. The number of halogens is 4. The Labute approximate surface area is 129 Å². The van der Waals surface area contributed by atoms with Gasteiger partial charge in [-0.25, -0.2) is 0 Å². The second kappa shape index (κ2) is 9.09. The van der Waals surface area contributed by atoms with E-state index >= 15 is 0 Å². The Kier molecular flexibility index (Phi) is 8.67. The lowest BCUT2D eigenvalue weighted by Crippen LogP contribution is -2.08. The van der Waals surface area contributed by atoms with Crippen LogP contribution in [0, 0.1) is 21.3 Å². The fraction of sp³-hybridized carbons (Fsp3) is 0.583. The van der Waals surface area contributed by atoms with Crippen molar-refractivity contribution in [3.63, 3.8) is 0 Å². The van der Waals surface area contributed by atoms with Gasteiger partial charge in [0.15, 0.2) is 5.34 Å². The molecule has 0 aliphatic rings. The van der Waals surface area contributed by atoms with Crippen LogP contribution in [0.25, 0.3) is 0 Å². The number of aryl methyl sites for hydroxylation is 1. The van der Waals surface area contributed by atoms with E-state index in [-0.39, 0.29) is 0 Å². The van der Waals surface area contributed by atoms with Crippen molar-refractivity contribution >= 4 is 22.6 Å². The lowest BCUT2D eigenvalue weighted by atomic mass is 10.1. The van der Waals surface area contributed by atoms with Crippen molar-refractivity contribution in [2.24, 2.45) is 11.3 Å². The Morgan fingerprint density at radius 2 is 2.05 bits per heavy atom. The average molecular weight is 404 g/mol. The van der Waals surface area contributed by atoms with Crippen LogP contribution in [0.5, 0.6) is 0 Å². The largest absolute Gasteiger partial charge is 0.433 e. The number of nitrogens with zero attached hydrogens (tertiary/aromatic N) is 2. The van der Waals surface area contributed by atoms with E-state index in [9.17, 15) is 18.1 Å². The van der Waals surface area contributed by atoms with Gasteiger partial charge in [0.1, 0.15) is 12.3 Å². The third kappa shape index (κ3) is 8.28. The quantitative estimate of drug-likeness (QED) is 0.315. The van der Waals surface area contributed by atoms with Crippen molar-refractivity contribution in [3.05, 3.63) is 32.0 Å². The zero-order valence-corrected chi connectivity index (χ0v) is 13.5. The van der Waals surface area contributed by atoms with Gasteiger partial charge in [0.25, 0.3) is 0 Å². The molecule has 0 atom stereocenters. The molecule has 8 heteroatoms. The number of hydrogen-bond donors (Lipinski definition) is 0. The summed E-state index contributed by atoms with van der Waals surface area (Å²) in [4.78, 5) is 16.8. The van der Waals surface area contributed by atoms with E-state index in [1.807, 2.05) is 22.6 Å². The molecular formula is C12H16F3IN2O2. The van der Waals surface area contributed by atoms with Crippen LogP contribution < -0.4 is 0 Å². The van der Waals surface area contributed by atoms with Crippen LogP contribution in [0.2, 0.25) is 0 Å². The lowest BCUT2D eigenvalue weighted by Gasteiger charge is -2.06. The van der Waals surface area contributed by atoms with E-state index in [1.165, 1.54) is 6.20 Å². The maximum Gasteiger partial charge on any atom is 0.433 e. The molecule has 1 rings (SSSR count). The number of hydrogen-bond acceptors (Lipinski definition) is 4. The van der Waals surface area contributed by atoms with Crippen LogP contribution in [-0.4, -0.2) is 11.6 Å². The molecule has 0 saturated heterocycles. The van der Waals surface area contributed by atoms with Gasteiger partial charge < -0.3 is 4.84 Å². The topological polar surface area (TPSA) is 51.5 Å². The Hall–Kier alpha value is -0.930. The summed E-state index contributed by atoms with van der Waals surface area (Å²) in [6.45, 7) is 6.20. The molecule has 0 fully saturated rings. The maximum atomic E-state index is 12.0. The molecule has 0 amide bonds. The van der Waals surface area contributed by atoms with Gasteiger partial charge in [-0.3, -0.25) is 4.98 Å². The second-order valence-corrected chi connectivity index (χ2v) is 5.57. The van der Waals surface area contributed by atoms with Gasteiger partial charge >= 0.3 is 6.18 Å². The first-order chi connectivity index (χ1) is 9.18. The van der Waals surface area contributed by atoms with Crippen molar-refractivity contribution in [2.75, 3.05) is 6.61 Å². The molecule has 0 radical (unpaired) electrons. The molecule has 0 N–H and O–H groups in total. The average Bonchev–Trinajstić information content (AvgIpc) is 2.32. The standard InChI is InChI=1S/C7H5F3IN.C5H11NO2/c1-4-2-6(7(8,9)10)12-3-5(4)11;1-5(2)3-4-8-6-7/h2-3H,1H3;5H,3-4H2,1-2H3. The fourth-order valence-corrected chi connectivity index (χ4v) is 1.31. The van der Waals surface area contributed by atoms with E-state index in [2.05, 4.69) is 29.0 Å². The van der Waals surface area contributed by atoms with E-state index in [0.717, 1.165) is 16.1 Å². The predicted molar refractivity (Wildman–Crippen MR) is 77.9 cm³/mol. The molecule has 0 saturated carbocycles. The first-order valence-corrected chi connectivity index (χ1v) is 6.90. The van der Waals surface area contributed by atoms with E-state index < -0.39 is 11.9 Å². The van der Waals surface area contributed by atoms with Gasteiger partial charge in [0, 0.05) is 9.77 Å². The molecule has 0 aliphatic heterocycles. The molecule has 114 valence electrons. The molecule has 4 nitrogen and oxygen atoms in total. The minimum atomic E-state index is -4.34. The minimum absolute atomic E-state index is 0.446. The van der Waals surface area contributed by atoms with Gasteiger partial charge in [0.2, 0.25) is 0 Å². The molecule has 1 aromatic rings. The van der Waals surface area contributed by atoms with Crippen LogP contribution >= 0.6 is 22.6 Å². The first kappa shape index (κ1) is 19.1. The van der Waals surface area contributed by atoms with Crippen molar-refractivity contribution in [2.45, 2.75) is 33.4 Å². The molecule has 0 aliphatic carbocycles. The van der Waals surface area contributed by atoms with Crippen LogP contribution in [0.15, 0.2) is 17.6 Å². The number of alkyl halides is 3. The number of aromatic nitrogens is 1. The summed E-state index contributed by atoms with van der Waals surface area (Å²) in [5.41, 5.74) is -0.238. The second-order valence-electron chi connectivity index (χ2n) is 4.41. The highest BCUT2D eigenvalue weighted by Crippen LogP contribution is 2.28. The zero-order chi connectivity index (χ0) is 15.8. The zero-order valence-electron chi connectivity index (χ0n) is 11.4. The highest BCUT2D eigenvalue weighted by Gasteiger charge is 2.32. The van der Waals surface area contributed by atoms with Crippen LogP contribution in [-0.2, 0) is 11.0 Å². The highest BCUT2D eigenvalue weighted by atomic mass is 127. The summed E-state index contributed by atoms with van der Waals surface area (Å²) >= 11 is 1.94. The summed E-state index contributed by atoms with van der Waals surface area (Å²) in [5.74, 6) is 0.580. The van der Waals surface area contributed by atoms with Crippen LogP contribution in [0.4, 0.5) is 13.2 Å². The van der Waals surface area contributed by atoms with Gasteiger partial charge in [-0.15, -0.1) is 4.91 Å². The molecule has 20 heavy (non-hydrogen) atoms. The number of pyridine rings is 1. The lowest BCUT2D eigenvalue weighted by molar-refractivity contribution is -0.141. The smallest absolute Gasteiger partial charge is 0.364 e. The SMILES string of the molecule is CC(C)CCON=O.Cc1cc(C(F)(F)F)ncc1I. The van der Waals surface area contributed by atoms with E-state index in [4.69, 9.17) is 0 Å². The summed E-state index contributed by atoms with van der Waals surface area (Å²) < 4.78 is 36.8. The molecule has 0 bridgehead atoms. The predicted octanol–water partition coefficient (Wildman–Crippen LogP) is 4.74. The van der Waals surface area contributed by atoms with Gasteiger partial charge in [-0.2, -0.15) is 13.2 Å². The fourth-order valence-electron chi connectivity index (χ4n) is 1.02. The Morgan fingerprint density at radius 1 is 1.45 bits per heavy atom. The number of rotatable bonds is 4. The molecule has 0 spiro atoms. The summed E-state index contributed by atoms with van der Waals surface area (Å²) in [5, 5.41) is 2.26. The van der Waals surface area contributed by atoms with Gasteiger partial charge in [-0.1, -0.05) is 13.8 Å². The summed E-state index contributed by atoms with van der Waals surface area (Å²) in [7, 11) is 0. The normalized spacial score (nSPS) is 10.8. The highest BCUT2D eigenvalue weighted by molar-refractivity contribution is 14.1. The summed E-state index contributed by atoms with van der Waals surface area (Å²) in [6.07, 6.45) is -2.22. The maximum absolute atomic E-state index is 12.0. The van der Waals surface area contributed by atoms with Crippen molar-refractivity contribution in [1.29, 1.82) is 0 Å². The monoisotopic (exact) mass is 404 g/mol. The minimum Gasteiger partial charge on any atom is -0.364 e. The van der Waals surface area contributed by atoms with Crippen molar-refractivity contribution in [3.8, 4) is 0 Å². The van der Waals surface area contributed by atoms with Crippen LogP contribution in [0.3, 0.4) is 0 Å². The Morgan fingerprint density at radius 3 is 2.45 bits per heavy atom. The molecule has 1 aromatic heterocycles. The Bertz CT molecular complexity index is 426. The molecular weight excluding hydrogens is 388 g/mol. The van der Waals surface area contributed by atoms with Crippen molar-refractivity contribution in [1.82, 2.24) is 4.98 Å². The summed E-state index contributed by atoms with van der Waals surface area (Å²) in [6, 6.07) is 1.04. The van der Waals surface area contributed by atoms with Gasteiger partial charge in [0.05, 0.1) is 0 Å². The van der Waals surface area contributed by atoms with Crippen molar-refractivity contribution < 1.29 is 18.0 Å².